The smallest absolute Gasteiger partial charge is 0.872 e. The van der Waals surface area contributed by atoms with Crippen molar-refractivity contribution < 1.29 is 37.0 Å². The van der Waals surface area contributed by atoms with Crippen molar-refractivity contribution in [3.63, 3.8) is 0 Å². The molecule has 5 aromatic carbocycles. The molecule has 0 fully saturated rings. The Morgan fingerprint density at radius 2 is 0.844 bits per heavy atom. The minimum atomic E-state index is 0. The van der Waals surface area contributed by atoms with Crippen LogP contribution in [0.4, 0.5) is 0 Å². The third kappa shape index (κ3) is 11.1. The third-order valence-electron chi connectivity index (χ3n) is 3.99. The zero-order valence-electron chi connectivity index (χ0n) is 17.8. The maximum absolute atomic E-state index is 10.3. The molecule has 0 spiro atoms. The minimum absolute atomic E-state index is 0. The van der Waals surface area contributed by atoms with Crippen LogP contribution in [0.1, 0.15) is 5.56 Å². The van der Waals surface area contributed by atoms with Crippen molar-refractivity contribution in [3.05, 3.63) is 133 Å². The van der Waals surface area contributed by atoms with Crippen LogP contribution in [0.2, 0.25) is 0 Å². The van der Waals surface area contributed by atoms with E-state index in [1.165, 1.54) is 52.7 Å². The molecule has 0 saturated heterocycles. The molecule has 0 saturated carbocycles. The van der Waals surface area contributed by atoms with Crippen molar-refractivity contribution in [2.45, 2.75) is 6.92 Å². The molecule has 0 bridgehead atoms. The Labute approximate surface area is 204 Å². The summed E-state index contributed by atoms with van der Waals surface area (Å²) in [5, 5.41) is 33.5. The second-order valence-corrected chi connectivity index (χ2v) is 6.60. The normalized spacial score (nSPS) is 8.91. The van der Waals surface area contributed by atoms with Gasteiger partial charge in [-0.2, -0.15) is 6.07 Å². The van der Waals surface area contributed by atoms with E-state index in [4.69, 9.17) is 0 Å². The third-order valence-corrected chi connectivity index (χ3v) is 3.99. The molecule has 0 aliphatic heterocycles. The van der Waals surface area contributed by atoms with E-state index in [9.17, 15) is 15.3 Å². The number of rotatable bonds is 0. The topological polar surface area (TPSA) is 69.2 Å². The van der Waals surface area contributed by atoms with Gasteiger partial charge in [-0.3, -0.25) is 0 Å². The van der Waals surface area contributed by atoms with Crippen LogP contribution in [0.15, 0.2) is 127 Å². The van der Waals surface area contributed by atoms with E-state index in [0.29, 0.717) is 0 Å². The van der Waals surface area contributed by atoms with Crippen LogP contribution in [0.25, 0.3) is 10.8 Å². The van der Waals surface area contributed by atoms with Gasteiger partial charge in [0.15, 0.2) is 0 Å². The molecule has 0 N–H and O–H groups in total. The first-order valence-corrected chi connectivity index (χ1v) is 9.83. The summed E-state index contributed by atoms with van der Waals surface area (Å²) in [6, 6.07) is 37.8. The fourth-order valence-corrected chi connectivity index (χ4v) is 2.57. The van der Waals surface area contributed by atoms with Gasteiger partial charge in [-0.05, 0) is 0 Å². The van der Waals surface area contributed by atoms with Crippen molar-refractivity contribution in [2.75, 3.05) is 0 Å². The number of hydrogen-bond donors (Lipinski definition) is 0. The standard InChI is InChI=1S/C10H9.3C6H6O.Ti/c1-8-6-9-4-2-3-5-10(9)7-8;3*7-6-4-2-1-3-5-6;/h2-7H,1H3;3*1-5,7H;/q-1;;;;+4/p-3. The van der Waals surface area contributed by atoms with Crippen LogP contribution in [-0.4, -0.2) is 0 Å². The van der Waals surface area contributed by atoms with Gasteiger partial charge in [0.05, 0.1) is 0 Å². The van der Waals surface area contributed by atoms with E-state index in [1.54, 1.807) is 36.4 Å². The Hall–Kier alpha value is -3.40. The molecule has 5 aromatic rings. The second-order valence-electron chi connectivity index (χ2n) is 6.60. The molecule has 32 heavy (non-hydrogen) atoms. The zero-order valence-corrected chi connectivity index (χ0v) is 19.4. The number of benzene rings is 4. The Morgan fingerprint density at radius 1 is 0.500 bits per heavy atom. The summed E-state index contributed by atoms with van der Waals surface area (Å²) in [6.45, 7) is 2.12. The molecule has 0 amide bonds. The van der Waals surface area contributed by atoms with E-state index < -0.39 is 0 Å². The summed E-state index contributed by atoms with van der Waals surface area (Å²) in [4.78, 5) is 0. The van der Waals surface area contributed by atoms with E-state index in [1.807, 2.05) is 18.2 Å². The largest absolute Gasteiger partial charge is 4.00 e. The number of fused-ring (bicyclic) bond motifs is 1. The second kappa shape index (κ2) is 15.4. The Bertz CT molecular complexity index is 986. The van der Waals surface area contributed by atoms with Gasteiger partial charge >= 0.3 is 21.7 Å². The summed E-state index contributed by atoms with van der Waals surface area (Å²) < 4.78 is 0. The van der Waals surface area contributed by atoms with Crippen LogP contribution >= 0.6 is 0 Å². The van der Waals surface area contributed by atoms with Crippen molar-refractivity contribution >= 4 is 10.8 Å². The molecule has 0 aliphatic rings. The van der Waals surface area contributed by atoms with Crippen LogP contribution < -0.4 is 15.3 Å². The van der Waals surface area contributed by atoms with Gasteiger partial charge in [0, 0.05) is 0 Å². The van der Waals surface area contributed by atoms with E-state index in [-0.39, 0.29) is 39.0 Å². The van der Waals surface area contributed by atoms with Gasteiger partial charge in [-0.15, -0.1) is 57.8 Å². The van der Waals surface area contributed by atoms with Gasteiger partial charge < -0.3 is 15.3 Å². The predicted octanol–water partition coefficient (Wildman–Crippen LogP) is 5.15. The molecule has 0 radical (unpaired) electrons. The molecular weight excluding hydrogens is 432 g/mol. The van der Waals surface area contributed by atoms with Crippen LogP contribution in [0.3, 0.4) is 0 Å². The molecule has 158 valence electrons. The summed E-state index contributed by atoms with van der Waals surface area (Å²) in [7, 11) is 0. The number of para-hydroxylation sites is 3. The molecule has 0 atom stereocenters. The summed E-state index contributed by atoms with van der Waals surface area (Å²) in [5.74, 6) is 0.215. The molecule has 4 heteroatoms. The first-order valence-electron chi connectivity index (χ1n) is 9.83. The Balaban J connectivity index is 0.000000214. The molecular formula is C28H24O3Ti. The van der Waals surface area contributed by atoms with Gasteiger partial charge in [-0.1, -0.05) is 104 Å². The fraction of sp³-hybridized carbons (Fsp3) is 0.0357. The van der Waals surface area contributed by atoms with Gasteiger partial charge in [0.25, 0.3) is 0 Å². The minimum Gasteiger partial charge on any atom is -0.872 e. The van der Waals surface area contributed by atoms with Gasteiger partial charge in [0.2, 0.25) is 0 Å². The number of hydrogen-bond acceptors (Lipinski definition) is 3. The maximum atomic E-state index is 10.3. The monoisotopic (exact) mass is 456 g/mol. The molecule has 0 heterocycles. The van der Waals surface area contributed by atoms with E-state index >= 15 is 0 Å². The van der Waals surface area contributed by atoms with Gasteiger partial charge in [-0.25, -0.2) is 0 Å². The van der Waals surface area contributed by atoms with Gasteiger partial charge in [0.1, 0.15) is 0 Å². The SMILES string of the molecule is Cc1cc2ccccc2[cH-]1.[O-]c1ccccc1.[O-]c1ccccc1.[O-]c1ccccc1.[Ti+4]. The van der Waals surface area contributed by atoms with Crippen LogP contribution in [0, 0.1) is 6.92 Å². The quantitative estimate of drug-likeness (QED) is 0.239. The summed E-state index contributed by atoms with van der Waals surface area (Å²) >= 11 is 0. The average Bonchev–Trinajstić information content (AvgIpc) is 3.17. The first kappa shape index (κ1) is 26.6. The zero-order chi connectivity index (χ0) is 22.3. The molecule has 0 aliphatic carbocycles. The molecule has 5 rings (SSSR count). The Kier molecular flexibility index (Phi) is 12.8. The maximum Gasteiger partial charge on any atom is 4.00 e. The van der Waals surface area contributed by atoms with Crippen molar-refractivity contribution in [1.82, 2.24) is 0 Å². The fourth-order valence-electron chi connectivity index (χ4n) is 2.57. The first-order chi connectivity index (χ1) is 15.0. The predicted molar refractivity (Wildman–Crippen MR) is 122 cm³/mol. The summed E-state index contributed by atoms with van der Waals surface area (Å²) in [6.07, 6.45) is 0. The van der Waals surface area contributed by atoms with E-state index in [0.717, 1.165) is 0 Å². The summed E-state index contributed by atoms with van der Waals surface area (Å²) in [5.41, 5.74) is 1.35. The molecule has 0 aromatic heterocycles. The average molecular weight is 456 g/mol. The molecule has 0 unspecified atom stereocenters. The van der Waals surface area contributed by atoms with Crippen LogP contribution in [0.5, 0.6) is 17.2 Å². The van der Waals surface area contributed by atoms with Crippen molar-refractivity contribution in [2.24, 2.45) is 0 Å². The van der Waals surface area contributed by atoms with Crippen molar-refractivity contribution in [1.29, 1.82) is 0 Å². The van der Waals surface area contributed by atoms with Crippen LogP contribution in [-0.2, 0) is 21.7 Å². The van der Waals surface area contributed by atoms with Crippen molar-refractivity contribution in [3.8, 4) is 17.2 Å². The van der Waals surface area contributed by atoms with E-state index in [2.05, 4.69) is 43.3 Å². The number of aryl methyl sites for hydroxylation is 1. The molecule has 3 nitrogen and oxygen atoms in total. The Morgan fingerprint density at radius 3 is 1.16 bits per heavy atom.